The van der Waals surface area contributed by atoms with Crippen molar-refractivity contribution < 1.29 is 4.79 Å². The minimum absolute atomic E-state index is 0.249. The molecule has 0 fully saturated rings. The monoisotopic (exact) mass is 154 g/mol. The maximum absolute atomic E-state index is 11.1. The molecule has 2 heteroatoms. The molecule has 0 aliphatic carbocycles. The Hall–Kier alpha value is -0.630. The van der Waals surface area contributed by atoms with Gasteiger partial charge in [-0.15, -0.1) is 11.3 Å². The van der Waals surface area contributed by atoms with Crippen LogP contribution in [-0.4, -0.2) is 5.78 Å². The van der Waals surface area contributed by atoms with Crippen LogP contribution in [0, 0.1) is 6.92 Å². The first-order chi connectivity index (χ1) is 4.75. The van der Waals surface area contributed by atoms with Crippen LogP contribution in [0.5, 0.6) is 0 Å². The van der Waals surface area contributed by atoms with Crippen LogP contribution >= 0.6 is 11.3 Å². The predicted molar refractivity (Wildman–Crippen MR) is 43.7 cm³/mol. The van der Waals surface area contributed by atoms with Gasteiger partial charge in [0.2, 0.25) is 0 Å². The normalized spacial score (nSPS) is 9.80. The summed E-state index contributed by atoms with van der Waals surface area (Å²) < 4.78 is 0. The molecule has 0 aliphatic rings. The number of ketones is 1. The number of Topliss-reactive ketones (excluding diaryl/α,β-unsaturated/α-hetero) is 1. The molecular weight excluding hydrogens is 144 g/mol. The average molecular weight is 154 g/mol. The fraction of sp³-hybridized carbons (Fsp3) is 0.375. The van der Waals surface area contributed by atoms with E-state index in [0.29, 0.717) is 6.42 Å². The molecule has 54 valence electrons. The van der Waals surface area contributed by atoms with Gasteiger partial charge in [-0.1, -0.05) is 6.92 Å². The van der Waals surface area contributed by atoms with Gasteiger partial charge in [-0.3, -0.25) is 4.79 Å². The summed E-state index contributed by atoms with van der Waals surface area (Å²) in [6.45, 7) is 3.87. The summed E-state index contributed by atoms with van der Waals surface area (Å²) in [5.41, 5.74) is 0.896. The molecular formula is C8H10OS. The highest BCUT2D eigenvalue weighted by Crippen LogP contribution is 2.16. The predicted octanol–water partition coefficient (Wildman–Crippen LogP) is 2.65. The van der Waals surface area contributed by atoms with E-state index in [2.05, 4.69) is 0 Å². The lowest BCUT2D eigenvalue weighted by molar-refractivity contribution is 0.0988. The summed E-state index contributed by atoms with van der Waals surface area (Å²) in [7, 11) is 0. The van der Waals surface area contributed by atoms with Crippen molar-refractivity contribution in [1.29, 1.82) is 0 Å². The number of carbonyl (C=O) groups is 1. The van der Waals surface area contributed by atoms with Crippen molar-refractivity contribution in [3.05, 3.63) is 21.9 Å². The minimum Gasteiger partial charge on any atom is -0.294 e. The molecule has 0 bridgehead atoms. The lowest BCUT2D eigenvalue weighted by Crippen LogP contribution is -1.94. The molecule has 0 radical (unpaired) electrons. The van der Waals surface area contributed by atoms with E-state index in [1.807, 2.05) is 25.3 Å². The first-order valence-corrected chi connectivity index (χ1v) is 4.21. The van der Waals surface area contributed by atoms with Crippen LogP contribution in [0.3, 0.4) is 0 Å². The minimum atomic E-state index is 0.249. The Morgan fingerprint density at radius 2 is 2.40 bits per heavy atom. The first-order valence-electron chi connectivity index (χ1n) is 3.33. The second kappa shape index (κ2) is 2.97. The second-order valence-corrected chi connectivity index (χ2v) is 3.29. The SMILES string of the molecule is CCC(=O)c1ccsc1C. The number of carbonyl (C=O) groups excluding carboxylic acids is 1. The van der Waals surface area contributed by atoms with Crippen LogP contribution in [0.1, 0.15) is 28.6 Å². The van der Waals surface area contributed by atoms with E-state index in [-0.39, 0.29) is 5.78 Å². The Balaban J connectivity index is 2.93. The fourth-order valence-electron chi connectivity index (χ4n) is 0.865. The Kier molecular flexibility index (Phi) is 2.22. The summed E-state index contributed by atoms with van der Waals surface area (Å²) in [4.78, 5) is 12.2. The zero-order valence-electron chi connectivity index (χ0n) is 6.18. The lowest BCUT2D eigenvalue weighted by atomic mass is 10.1. The van der Waals surface area contributed by atoms with Gasteiger partial charge in [-0.25, -0.2) is 0 Å². The first kappa shape index (κ1) is 7.48. The molecule has 1 heterocycles. The number of thiophene rings is 1. The molecule has 0 aliphatic heterocycles. The van der Waals surface area contributed by atoms with Crippen molar-refractivity contribution in [1.82, 2.24) is 0 Å². The second-order valence-electron chi connectivity index (χ2n) is 2.17. The quantitative estimate of drug-likeness (QED) is 0.598. The summed E-state index contributed by atoms with van der Waals surface area (Å²) in [6.07, 6.45) is 0.609. The van der Waals surface area contributed by atoms with E-state index < -0.39 is 0 Å². The van der Waals surface area contributed by atoms with Gasteiger partial charge in [0.25, 0.3) is 0 Å². The molecule has 1 aromatic heterocycles. The molecule has 1 rings (SSSR count). The van der Waals surface area contributed by atoms with Crippen molar-refractivity contribution in [3.8, 4) is 0 Å². The number of rotatable bonds is 2. The van der Waals surface area contributed by atoms with Crippen molar-refractivity contribution in [3.63, 3.8) is 0 Å². The molecule has 0 saturated heterocycles. The van der Waals surface area contributed by atoms with Gasteiger partial charge in [0.1, 0.15) is 0 Å². The van der Waals surface area contributed by atoms with Crippen LogP contribution in [0.4, 0.5) is 0 Å². The molecule has 0 spiro atoms. The highest BCUT2D eigenvalue weighted by Gasteiger charge is 2.05. The van der Waals surface area contributed by atoms with Gasteiger partial charge in [0.15, 0.2) is 5.78 Å². The molecule has 0 aromatic carbocycles. The van der Waals surface area contributed by atoms with Crippen LogP contribution in [0.2, 0.25) is 0 Å². The van der Waals surface area contributed by atoms with Gasteiger partial charge in [-0.2, -0.15) is 0 Å². The van der Waals surface area contributed by atoms with Crippen LogP contribution < -0.4 is 0 Å². The largest absolute Gasteiger partial charge is 0.294 e. The molecule has 1 aromatic rings. The van der Waals surface area contributed by atoms with Crippen LogP contribution in [0.15, 0.2) is 11.4 Å². The van der Waals surface area contributed by atoms with Gasteiger partial charge in [-0.05, 0) is 18.4 Å². The molecule has 0 N–H and O–H groups in total. The van der Waals surface area contributed by atoms with Crippen molar-refractivity contribution in [2.45, 2.75) is 20.3 Å². The van der Waals surface area contributed by atoms with Crippen LogP contribution in [0.25, 0.3) is 0 Å². The Bertz CT molecular complexity index is 237. The molecule has 0 amide bonds. The highest BCUT2D eigenvalue weighted by molar-refractivity contribution is 7.10. The fourth-order valence-corrected chi connectivity index (χ4v) is 1.58. The Morgan fingerprint density at radius 3 is 2.80 bits per heavy atom. The summed E-state index contributed by atoms with van der Waals surface area (Å²) in [5.74, 6) is 0.249. The third kappa shape index (κ3) is 1.27. The van der Waals surface area contributed by atoms with Gasteiger partial charge in [0.05, 0.1) is 0 Å². The third-order valence-electron chi connectivity index (χ3n) is 1.48. The zero-order valence-corrected chi connectivity index (χ0v) is 6.99. The molecule has 1 nitrogen and oxygen atoms in total. The van der Waals surface area contributed by atoms with Crippen molar-refractivity contribution in [2.24, 2.45) is 0 Å². The van der Waals surface area contributed by atoms with E-state index in [9.17, 15) is 4.79 Å². The number of hydrogen-bond donors (Lipinski definition) is 0. The Labute approximate surface area is 64.7 Å². The third-order valence-corrected chi connectivity index (χ3v) is 2.33. The van der Waals surface area contributed by atoms with Crippen molar-refractivity contribution >= 4 is 17.1 Å². The van der Waals surface area contributed by atoms with E-state index in [0.717, 1.165) is 10.4 Å². The topological polar surface area (TPSA) is 17.1 Å². The van der Waals surface area contributed by atoms with Crippen LogP contribution in [-0.2, 0) is 0 Å². The zero-order chi connectivity index (χ0) is 7.56. The summed E-state index contributed by atoms with van der Waals surface area (Å²) in [5, 5.41) is 1.96. The van der Waals surface area contributed by atoms with E-state index in [4.69, 9.17) is 0 Å². The van der Waals surface area contributed by atoms with Crippen molar-refractivity contribution in [2.75, 3.05) is 0 Å². The van der Waals surface area contributed by atoms with E-state index >= 15 is 0 Å². The summed E-state index contributed by atoms with van der Waals surface area (Å²) in [6, 6.07) is 1.89. The maximum Gasteiger partial charge on any atom is 0.163 e. The standard InChI is InChI=1S/C8H10OS/c1-3-8(9)7-4-5-10-6(7)2/h4-5H,3H2,1-2H3. The van der Waals surface area contributed by atoms with Gasteiger partial charge < -0.3 is 0 Å². The molecule has 0 saturated carbocycles. The van der Waals surface area contributed by atoms with Gasteiger partial charge >= 0.3 is 0 Å². The molecule has 0 atom stereocenters. The van der Waals surface area contributed by atoms with Gasteiger partial charge in [0, 0.05) is 16.9 Å². The Morgan fingerprint density at radius 1 is 1.70 bits per heavy atom. The molecule has 0 unspecified atom stereocenters. The lowest BCUT2D eigenvalue weighted by Gasteiger charge is -1.92. The highest BCUT2D eigenvalue weighted by atomic mass is 32.1. The average Bonchev–Trinajstić information content (AvgIpc) is 2.34. The summed E-state index contributed by atoms with van der Waals surface area (Å²) >= 11 is 1.63. The maximum atomic E-state index is 11.1. The smallest absolute Gasteiger partial charge is 0.163 e. The van der Waals surface area contributed by atoms with E-state index in [1.165, 1.54) is 0 Å². The number of hydrogen-bond acceptors (Lipinski definition) is 2. The number of aryl methyl sites for hydroxylation is 1. The van der Waals surface area contributed by atoms with E-state index in [1.54, 1.807) is 11.3 Å². The molecule has 10 heavy (non-hydrogen) atoms.